The van der Waals surface area contributed by atoms with Crippen LogP contribution in [0.4, 0.5) is 11.4 Å². The zero-order valence-corrected chi connectivity index (χ0v) is 12.8. The summed E-state index contributed by atoms with van der Waals surface area (Å²) in [6.07, 6.45) is 2.28. The molecule has 1 aromatic rings. The summed E-state index contributed by atoms with van der Waals surface area (Å²) >= 11 is 0. The number of rotatable bonds is 9. The molecule has 0 aliphatic heterocycles. The van der Waals surface area contributed by atoms with E-state index in [4.69, 9.17) is 5.11 Å². The van der Waals surface area contributed by atoms with Crippen LogP contribution in [0, 0.1) is 16.0 Å². The van der Waals surface area contributed by atoms with Gasteiger partial charge in [0.15, 0.2) is 0 Å². The van der Waals surface area contributed by atoms with Crippen molar-refractivity contribution in [1.29, 1.82) is 0 Å². The van der Waals surface area contributed by atoms with Gasteiger partial charge < -0.3 is 15.5 Å². The highest BCUT2D eigenvalue weighted by Gasteiger charge is 2.19. The third kappa shape index (κ3) is 5.93. The number of amides is 1. The molecule has 0 unspecified atom stereocenters. The maximum Gasteiger partial charge on any atom is 0.306 e. The number of nitrogens with zero attached hydrogens (tertiary/aromatic N) is 1. The molecule has 8 heteroatoms. The van der Waals surface area contributed by atoms with Gasteiger partial charge in [0.05, 0.1) is 16.5 Å². The van der Waals surface area contributed by atoms with Gasteiger partial charge in [0, 0.05) is 18.6 Å². The Kier molecular flexibility index (Phi) is 6.98. The number of phenolic OH excluding ortho intramolecular Hbond substituents is 1. The van der Waals surface area contributed by atoms with Crippen LogP contribution in [0.5, 0.6) is 5.75 Å². The van der Waals surface area contributed by atoms with Gasteiger partial charge in [0.25, 0.3) is 5.69 Å². The first kappa shape index (κ1) is 18.4. The molecular formula is C15H20N2O6. The quantitative estimate of drug-likeness (QED) is 0.364. The molecule has 1 rings (SSSR count). The van der Waals surface area contributed by atoms with E-state index in [2.05, 4.69) is 5.32 Å². The number of anilines is 1. The number of carboxylic acid groups (broad SMARTS) is 1. The van der Waals surface area contributed by atoms with Crippen molar-refractivity contribution in [3.8, 4) is 5.75 Å². The van der Waals surface area contributed by atoms with E-state index < -0.39 is 22.7 Å². The van der Waals surface area contributed by atoms with Crippen LogP contribution in [0.2, 0.25) is 0 Å². The predicted molar refractivity (Wildman–Crippen MR) is 83.3 cm³/mol. The second-order valence-electron chi connectivity index (χ2n) is 5.22. The van der Waals surface area contributed by atoms with Gasteiger partial charge in [-0.25, -0.2) is 0 Å². The molecule has 0 aromatic heterocycles. The summed E-state index contributed by atoms with van der Waals surface area (Å²) in [5.41, 5.74) is -0.325. The van der Waals surface area contributed by atoms with Crippen LogP contribution in [0.1, 0.15) is 39.0 Å². The molecule has 0 aliphatic rings. The predicted octanol–water partition coefficient (Wildman–Crippen LogP) is 2.91. The van der Waals surface area contributed by atoms with Crippen molar-refractivity contribution in [2.45, 2.75) is 39.0 Å². The Morgan fingerprint density at radius 3 is 2.61 bits per heavy atom. The third-order valence-corrected chi connectivity index (χ3v) is 3.44. The number of phenols is 1. The van der Waals surface area contributed by atoms with E-state index in [1.54, 1.807) is 0 Å². The third-order valence-electron chi connectivity index (χ3n) is 3.44. The fraction of sp³-hybridized carbons (Fsp3) is 0.467. The van der Waals surface area contributed by atoms with E-state index >= 15 is 0 Å². The average Bonchev–Trinajstić information content (AvgIpc) is 2.48. The van der Waals surface area contributed by atoms with E-state index in [0.717, 1.165) is 31.0 Å². The summed E-state index contributed by atoms with van der Waals surface area (Å²) in [6.45, 7) is 1.96. The summed E-state index contributed by atoms with van der Waals surface area (Å²) in [6, 6.07) is 3.30. The molecule has 126 valence electrons. The molecule has 1 aromatic carbocycles. The summed E-state index contributed by atoms with van der Waals surface area (Å²) in [4.78, 5) is 33.0. The Hall–Kier alpha value is -2.64. The highest BCUT2D eigenvalue weighted by Crippen LogP contribution is 2.28. The van der Waals surface area contributed by atoms with Gasteiger partial charge in [-0.1, -0.05) is 19.8 Å². The first-order chi connectivity index (χ1) is 10.8. The van der Waals surface area contributed by atoms with Crippen LogP contribution in [0.15, 0.2) is 18.2 Å². The lowest BCUT2D eigenvalue weighted by molar-refractivity contribution is -0.384. The maximum atomic E-state index is 11.9. The standard InChI is InChI=1S/C15H20N2O6/c1-2-3-4-10(15(20)21)5-8-14(19)16-12-9-11(17(22)23)6-7-13(12)18/h6-7,9-10,18H,2-5,8H2,1H3,(H,16,19)(H,20,21)/t10-/m0/s1. The van der Waals surface area contributed by atoms with Crippen LogP contribution in [0.3, 0.4) is 0 Å². The van der Waals surface area contributed by atoms with Gasteiger partial charge in [0.2, 0.25) is 5.91 Å². The number of nitrogens with one attached hydrogen (secondary N) is 1. The average molecular weight is 324 g/mol. The van der Waals surface area contributed by atoms with Gasteiger partial charge >= 0.3 is 5.97 Å². The van der Waals surface area contributed by atoms with Crippen molar-refractivity contribution in [3.05, 3.63) is 28.3 Å². The fourth-order valence-electron chi connectivity index (χ4n) is 2.10. The van der Waals surface area contributed by atoms with Crippen molar-refractivity contribution < 1.29 is 24.7 Å². The van der Waals surface area contributed by atoms with Crippen LogP contribution >= 0.6 is 0 Å². The summed E-state index contributed by atoms with van der Waals surface area (Å²) in [7, 11) is 0. The van der Waals surface area contributed by atoms with E-state index in [0.29, 0.717) is 6.42 Å². The number of benzene rings is 1. The molecule has 1 atom stereocenters. The van der Waals surface area contributed by atoms with Crippen molar-refractivity contribution in [3.63, 3.8) is 0 Å². The Balaban J connectivity index is 2.64. The van der Waals surface area contributed by atoms with Crippen molar-refractivity contribution >= 4 is 23.3 Å². The van der Waals surface area contributed by atoms with Gasteiger partial charge in [-0.15, -0.1) is 0 Å². The number of non-ortho nitro benzene ring substituents is 1. The Bertz CT molecular complexity index is 587. The highest BCUT2D eigenvalue weighted by atomic mass is 16.6. The number of aliphatic carboxylic acids is 1. The molecule has 0 saturated carbocycles. The summed E-state index contributed by atoms with van der Waals surface area (Å²) in [5.74, 6) is -2.32. The SMILES string of the molecule is CCCC[C@@H](CCC(=O)Nc1cc([N+](=O)[O-])ccc1O)C(=O)O. The van der Waals surface area contributed by atoms with E-state index in [-0.39, 0.29) is 30.0 Å². The molecule has 0 radical (unpaired) electrons. The number of carboxylic acids is 1. The van der Waals surface area contributed by atoms with Crippen LogP contribution < -0.4 is 5.32 Å². The van der Waals surface area contributed by atoms with Crippen molar-refractivity contribution in [2.75, 3.05) is 5.32 Å². The van der Waals surface area contributed by atoms with Gasteiger partial charge in [-0.3, -0.25) is 19.7 Å². The fourth-order valence-corrected chi connectivity index (χ4v) is 2.10. The number of aromatic hydroxyl groups is 1. The van der Waals surface area contributed by atoms with Crippen molar-refractivity contribution in [2.24, 2.45) is 5.92 Å². The number of nitro benzene ring substituents is 1. The minimum absolute atomic E-state index is 0.0389. The van der Waals surface area contributed by atoms with Gasteiger partial charge in [0.1, 0.15) is 5.75 Å². The molecule has 0 bridgehead atoms. The Labute approximate surface area is 133 Å². The van der Waals surface area contributed by atoms with Gasteiger partial charge in [-0.2, -0.15) is 0 Å². The number of carbonyl (C=O) groups excluding carboxylic acids is 1. The van der Waals surface area contributed by atoms with Gasteiger partial charge in [-0.05, 0) is 18.9 Å². The second-order valence-corrected chi connectivity index (χ2v) is 5.22. The largest absolute Gasteiger partial charge is 0.506 e. The summed E-state index contributed by atoms with van der Waals surface area (Å²) in [5, 5.41) is 31.8. The number of hydrogen-bond donors (Lipinski definition) is 3. The molecule has 0 fully saturated rings. The number of carbonyl (C=O) groups is 2. The van der Waals surface area contributed by atoms with E-state index in [9.17, 15) is 24.8 Å². The Morgan fingerprint density at radius 1 is 1.35 bits per heavy atom. The number of nitro groups is 1. The van der Waals surface area contributed by atoms with Crippen LogP contribution in [0.25, 0.3) is 0 Å². The van der Waals surface area contributed by atoms with E-state index in [1.807, 2.05) is 6.92 Å². The Morgan fingerprint density at radius 2 is 2.04 bits per heavy atom. The first-order valence-corrected chi connectivity index (χ1v) is 7.35. The topological polar surface area (TPSA) is 130 Å². The molecule has 1 amide bonds. The molecule has 0 saturated heterocycles. The minimum atomic E-state index is -0.940. The normalized spacial score (nSPS) is 11.7. The lowest BCUT2D eigenvalue weighted by atomic mass is 9.97. The molecular weight excluding hydrogens is 304 g/mol. The lowest BCUT2D eigenvalue weighted by Gasteiger charge is -2.12. The minimum Gasteiger partial charge on any atom is -0.506 e. The zero-order chi connectivity index (χ0) is 17.4. The number of unbranched alkanes of at least 4 members (excludes halogenated alkanes) is 1. The first-order valence-electron chi connectivity index (χ1n) is 7.35. The van der Waals surface area contributed by atoms with Crippen LogP contribution in [-0.4, -0.2) is 27.0 Å². The maximum absolute atomic E-state index is 11.9. The van der Waals surface area contributed by atoms with Crippen LogP contribution in [-0.2, 0) is 9.59 Å². The smallest absolute Gasteiger partial charge is 0.306 e. The van der Waals surface area contributed by atoms with Crippen molar-refractivity contribution in [1.82, 2.24) is 0 Å². The monoisotopic (exact) mass is 324 g/mol. The molecule has 23 heavy (non-hydrogen) atoms. The summed E-state index contributed by atoms with van der Waals surface area (Å²) < 4.78 is 0. The second kappa shape index (κ2) is 8.72. The molecule has 0 heterocycles. The van der Waals surface area contributed by atoms with E-state index in [1.165, 1.54) is 0 Å². The molecule has 8 nitrogen and oxygen atoms in total. The molecule has 0 aliphatic carbocycles. The molecule has 3 N–H and O–H groups in total. The zero-order valence-electron chi connectivity index (χ0n) is 12.8. The number of hydrogen-bond acceptors (Lipinski definition) is 5. The molecule has 0 spiro atoms. The lowest BCUT2D eigenvalue weighted by Crippen LogP contribution is -2.18. The highest BCUT2D eigenvalue weighted by molar-refractivity contribution is 5.92.